The van der Waals surface area contributed by atoms with Crippen LogP contribution < -0.4 is 5.73 Å². The summed E-state index contributed by atoms with van der Waals surface area (Å²) in [5, 5.41) is 0. The predicted octanol–water partition coefficient (Wildman–Crippen LogP) is 2.87. The van der Waals surface area contributed by atoms with E-state index in [9.17, 15) is 0 Å². The number of nitrogens with zero attached hydrogens (tertiary/aromatic N) is 1. The zero-order valence-electron chi connectivity index (χ0n) is 11.2. The van der Waals surface area contributed by atoms with Crippen molar-refractivity contribution in [2.24, 2.45) is 5.73 Å². The quantitative estimate of drug-likeness (QED) is 0.673. The minimum absolute atomic E-state index is 0.192. The lowest BCUT2D eigenvalue weighted by molar-refractivity contribution is 0.0901. The second-order valence-electron chi connectivity index (χ2n) is 4.04. The normalized spacial score (nSPS) is 13.2. The van der Waals surface area contributed by atoms with Crippen molar-refractivity contribution >= 4 is 43.2 Å². The minimum atomic E-state index is 0.192. The van der Waals surface area contributed by atoms with E-state index in [1.165, 1.54) is 4.88 Å². The van der Waals surface area contributed by atoms with Gasteiger partial charge in [0, 0.05) is 43.2 Å². The molecule has 1 heterocycles. The average molecular weight is 416 g/mol. The van der Waals surface area contributed by atoms with Crippen LogP contribution in [0.25, 0.3) is 0 Å². The molecule has 19 heavy (non-hydrogen) atoms. The fourth-order valence-electron chi connectivity index (χ4n) is 1.81. The Hall–Kier alpha value is 0.500. The summed E-state index contributed by atoms with van der Waals surface area (Å²) in [6.07, 6.45) is 0. The van der Waals surface area contributed by atoms with Crippen LogP contribution in [0.5, 0.6) is 0 Å². The second kappa shape index (κ2) is 9.44. The third-order valence-electron chi connectivity index (χ3n) is 2.82. The maximum absolute atomic E-state index is 5.96. The Morgan fingerprint density at radius 2 is 1.84 bits per heavy atom. The number of halogens is 2. The lowest BCUT2D eigenvalue weighted by atomic mass is 10.2. The van der Waals surface area contributed by atoms with Crippen LogP contribution in [0.4, 0.5) is 0 Å². The summed E-state index contributed by atoms with van der Waals surface area (Å²) in [5.74, 6) is 0. The molecule has 0 saturated heterocycles. The molecule has 0 spiro atoms. The highest BCUT2D eigenvalue weighted by molar-refractivity contribution is 9.13. The topological polar surface area (TPSA) is 47.7 Å². The minimum Gasteiger partial charge on any atom is -0.383 e. The van der Waals surface area contributed by atoms with Gasteiger partial charge in [-0.1, -0.05) is 0 Å². The molecule has 1 atom stereocenters. The molecular formula is C12H20Br2N2O2S. The molecular weight excluding hydrogens is 396 g/mol. The van der Waals surface area contributed by atoms with Crippen molar-refractivity contribution in [1.29, 1.82) is 0 Å². The van der Waals surface area contributed by atoms with Crippen molar-refractivity contribution in [3.8, 4) is 0 Å². The molecule has 0 aliphatic carbocycles. The van der Waals surface area contributed by atoms with E-state index < -0.39 is 0 Å². The molecule has 4 nitrogen and oxygen atoms in total. The van der Waals surface area contributed by atoms with Gasteiger partial charge in [-0.2, -0.15) is 0 Å². The van der Waals surface area contributed by atoms with Crippen LogP contribution in [0.2, 0.25) is 0 Å². The summed E-state index contributed by atoms with van der Waals surface area (Å²) in [7, 11) is 3.43. The molecule has 1 rings (SSSR count). The summed E-state index contributed by atoms with van der Waals surface area (Å²) in [4.78, 5) is 3.55. The molecule has 0 amide bonds. The van der Waals surface area contributed by atoms with Gasteiger partial charge < -0.3 is 15.2 Å². The Morgan fingerprint density at radius 1 is 1.26 bits per heavy atom. The molecule has 0 aliphatic rings. The SMILES string of the molecule is COCCN(CCOC)C(CN)c1cc(Br)c(Br)s1. The molecule has 0 aromatic carbocycles. The van der Waals surface area contributed by atoms with E-state index in [1.54, 1.807) is 25.6 Å². The summed E-state index contributed by atoms with van der Waals surface area (Å²) in [6.45, 7) is 3.64. The first-order chi connectivity index (χ1) is 9.13. The zero-order valence-corrected chi connectivity index (χ0v) is 15.2. The summed E-state index contributed by atoms with van der Waals surface area (Å²) in [6, 6.07) is 2.32. The van der Waals surface area contributed by atoms with Gasteiger partial charge in [-0.15, -0.1) is 11.3 Å². The number of thiophene rings is 1. The largest absolute Gasteiger partial charge is 0.383 e. The van der Waals surface area contributed by atoms with Gasteiger partial charge in [-0.25, -0.2) is 0 Å². The van der Waals surface area contributed by atoms with Crippen molar-refractivity contribution in [2.75, 3.05) is 47.1 Å². The van der Waals surface area contributed by atoms with Crippen molar-refractivity contribution in [3.05, 3.63) is 19.2 Å². The third-order valence-corrected chi connectivity index (χ3v) is 6.18. The molecule has 110 valence electrons. The van der Waals surface area contributed by atoms with Gasteiger partial charge in [0.1, 0.15) is 0 Å². The van der Waals surface area contributed by atoms with Crippen LogP contribution in [0, 0.1) is 0 Å². The van der Waals surface area contributed by atoms with Crippen LogP contribution in [0.15, 0.2) is 14.3 Å². The second-order valence-corrected chi connectivity index (χ2v) is 7.30. The maximum Gasteiger partial charge on any atom is 0.0843 e. The molecule has 1 aromatic rings. The van der Waals surface area contributed by atoms with Crippen molar-refractivity contribution in [1.82, 2.24) is 4.90 Å². The van der Waals surface area contributed by atoms with Gasteiger partial charge in [0.25, 0.3) is 0 Å². The standard InChI is InChI=1S/C12H20Br2N2O2S/c1-17-5-3-16(4-6-18-2)10(8-15)11-7-9(13)12(14)19-11/h7,10H,3-6,8,15H2,1-2H3. The zero-order chi connectivity index (χ0) is 14.3. The van der Waals surface area contributed by atoms with Gasteiger partial charge in [-0.3, -0.25) is 4.90 Å². The van der Waals surface area contributed by atoms with Crippen LogP contribution in [0.1, 0.15) is 10.9 Å². The molecule has 0 aliphatic heterocycles. The Bertz CT molecular complexity index is 349. The van der Waals surface area contributed by atoms with E-state index in [-0.39, 0.29) is 6.04 Å². The van der Waals surface area contributed by atoms with Crippen LogP contribution in [0.3, 0.4) is 0 Å². The average Bonchev–Trinajstić information content (AvgIpc) is 2.72. The summed E-state index contributed by atoms with van der Waals surface area (Å²) < 4.78 is 12.5. The molecule has 0 bridgehead atoms. The highest BCUT2D eigenvalue weighted by Gasteiger charge is 2.21. The van der Waals surface area contributed by atoms with Gasteiger partial charge in [-0.05, 0) is 37.9 Å². The molecule has 1 aromatic heterocycles. The van der Waals surface area contributed by atoms with Crippen LogP contribution >= 0.6 is 43.2 Å². The number of hydrogen-bond acceptors (Lipinski definition) is 5. The van der Waals surface area contributed by atoms with Gasteiger partial charge in [0.15, 0.2) is 0 Å². The number of methoxy groups -OCH3 is 2. The van der Waals surface area contributed by atoms with E-state index >= 15 is 0 Å². The smallest absolute Gasteiger partial charge is 0.0843 e. The molecule has 1 unspecified atom stereocenters. The first-order valence-electron chi connectivity index (χ1n) is 6.00. The molecule has 0 saturated carbocycles. The summed E-state index contributed by atoms with van der Waals surface area (Å²) in [5.41, 5.74) is 5.96. The van der Waals surface area contributed by atoms with Gasteiger partial charge in [0.2, 0.25) is 0 Å². The van der Waals surface area contributed by atoms with Crippen LogP contribution in [-0.4, -0.2) is 52.0 Å². The van der Waals surface area contributed by atoms with E-state index in [2.05, 4.69) is 42.8 Å². The Labute approximate surface area is 135 Å². The fraction of sp³-hybridized carbons (Fsp3) is 0.667. The van der Waals surface area contributed by atoms with Crippen LogP contribution in [-0.2, 0) is 9.47 Å². The Balaban J connectivity index is 2.81. The lowest BCUT2D eigenvalue weighted by Crippen LogP contribution is -2.37. The third kappa shape index (κ3) is 5.41. The number of rotatable bonds is 9. The Kier molecular flexibility index (Phi) is 8.72. The molecule has 0 fully saturated rings. The Morgan fingerprint density at radius 3 is 2.21 bits per heavy atom. The number of nitrogens with two attached hydrogens (primary N) is 1. The molecule has 7 heteroatoms. The highest BCUT2D eigenvalue weighted by Crippen LogP contribution is 2.37. The van der Waals surface area contributed by atoms with E-state index in [0.29, 0.717) is 19.8 Å². The molecule has 2 N–H and O–H groups in total. The maximum atomic E-state index is 5.96. The summed E-state index contributed by atoms with van der Waals surface area (Å²) >= 11 is 8.76. The van der Waals surface area contributed by atoms with Crippen molar-refractivity contribution in [3.63, 3.8) is 0 Å². The predicted molar refractivity (Wildman–Crippen MR) is 86.8 cm³/mol. The lowest BCUT2D eigenvalue weighted by Gasteiger charge is -2.29. The number of hydrogen-bond donors (Lipinski definition) is 1. The van der Waals surface area contributed by atoms with E-state index in [4.69, 9.17) is 15.2 Å². The first-order valence-corrected chi connectivity index (χ1v) is 8.41. The van der Waals surface area contributed by atoms with Crippen molar-refractivity contribution in [2.45, 2.75) is 6.04 Å². The van der Waals surface area contributed by atoms with Gasteiger partial charge >= 0.3 is 0 Å². The monoisotopic (exact) mass is 414 g/mol. The molecule has 0 radical (unpaired) electrons. The van der Waals surface area contributed by atoms with Crippen molar-refractivity contribution < 1.29 is 9.47 Å². The number of ether oxygens (including phenoxy) is 2. The van der Waals surface area contributed by atoms with E-state index in [0.717, 1.165) is 21.3 Å². The highest BCUT2D eigenvalue weighted by atomic mass is 79.9. The van der Waals surface area contributed by atoms with E-state index in [1.807, 2.05) is 0 Å². The fourth-order valence-corrected chi connectivity index (χ4v) is 4.05. The first kappa shape index (κ1) is 17.6. The van der Waals surface area contributed by atoms with Gasteiger partial charge in [0.05, 0.1) is 23.0 Å².